The number of hydrogen-bond acceptors (Lipinski definition) is 4. The van der Waals surface area contributed by atoms with E-state index in [1.165, 1.54) is 38.3 Å². The zero-order valence-corrected chi connectivity index (χ0v) is 18.2. The van der Waals surface area contributed by atoms with Crippen LogP contribution >= 0.6 is 24.0 Å². The molecule has 1 atom stereocenters. The van der Waals surface area contributed by atoms with Crippen LogP contribution < -0.4 is 10.6 Å². The average Bonchev–Trinajstić information content (AvgIpc) is 3.31. The van der Waals surface area contributed by atoms with Crippen LogP contribution in [0.5, 0.6) is 0 Å². The van der Waals surface area contributed by atoms with E-state index in [-0.39, 0.29) is 34.6 Å². The molecule has 1 aromatic carbocycles. The van der Waals surface area contributed by atoms with Crippen molar-refractivity contribution in [1.82, 2.24) is 15.5 Å². The van der Waals surface area contributed by atoms with Crippen LogP contribution in [0, 0.1) is 16.0 Å². The smallest absolute Gasteiger partial charge is 0.269 e. The van der Waals surface area contributed by atoms with E-state index in [9.17, 15) is 10.1 Å². The zero-order valence-electron chi connectivity index (χ0n) is 15.9. The van der Waals surface area contributed by atoms with Gasteiger partial charge in [0, 0.05) is 51.4 Å². The summed E-state index contributed by atoms with van der Waals surface area (Å²) in [4.78, 5) is 17.4. The van der Waals surface area contributed by atoms with Gasteiger partial charge in [-0.3, -0.25) is 15.1 Å². The molecule has 1 aliphatic carbocycles. The number of benzene rings is 1. The van der Waals surface area contributed by atoms with Crippen LogP contribution in [-0.2, 0) is 6.54 Å². The molecule has 150 valence electrons. The summed E-state index contributed by atoms with van der Waals surface area (Å²) in [5, 5.41) is 17.6. The Morgan fingerprint density at radius 2 is 2.11 bits per heavy atom. The number of guanidine groups is 1. The maximum atomic E-state index is 10.9. The predicted octanol–water partition coefficient (Wildman–Crippen LogP) is 3.14. The summed E-state index contributed by atoms with van der Waals surface area (Å²) < 4.78 is 0. The fourth-order valence-corrected chi connectivity index (χ4v) is 4.03. The molecule has 27 heavy (non-hydrogen) atoms. The highest BCUT2D eigenvalue weighted by atomic mass is 127. The number of likely N-dealkylation sites (tertiary alicyclic amines) is 1. The van der Waals surface area contributed by atoms with Gasteiger partial charge in [0.05, 0.1) is 4.92 Å². The van der Waals surface area contributed by atoms with Crippen LogP contribution in [-0.4, -0.2) is 48.5 Å². The Labute approximate surface area is 178 Å². The number of hydrogen-bond donors (Lipinski definition) is 2. The first kappa shape index (κ1) is 21.9. The van der Waals surface area contributed by atoms with E-state index in [2.05, 4.69) is 20.5 Å². The largest absolute Gasteiger partial charge is 0.352 e. The lowest BCUT2D eigenvalue weighted by atomic mass is 10.1. The van der Waals surface area contributed by atoms with Crippen LogP contribution in [0.2, 0.25) is 0 Å². The molecule has 1 unspecified atom stereocenters. The van der Waals surface area contributed by atoms with Gasteiger partial charge in [0.15, 0.2) is 5.96 Å². The number of nitro groups is 1. The molecule has 0 aromatic heterocycles. The molecular weight excluding hydrogens is 457 g/mol. The number of halogens is 1. The first-order valence-electron chi connectivity index (χ1n) is 9.57. The van der Waals surface area contributed by atoms with Crippen molar-refractivity contribution in [3.63, 3.8) is 0 Å². The maximum absolute atomic E-state index is 10.9. The minimum absolute atomic E-state index is 0. The summed E-state index contributed by atoms with van der Waals surface area (Å²) in [6.45, 7) is 3.96. The van der Waals surface area contributed by atoms with Crippen molar-refractivity contribution >= 4 is 35.6 Å². The molecule has 1 heterocycles. The highest BCUT2D eigenvalue weighted by molar-refractivity contribution is 14.0. The van der Waals surface area contributed by atoms with Gasteiger partial charge in [0.25, 0.3) is 5.69 Å². The van der Waals surface area contributed by atoms with Gasteiger partial charge in [-0.2, -0.15) is 0 Å². The Balaban J connectivity index is 0.00000261. The summed E-state index contributed by atoms with van der Waals surface area (Å²) in [7, 11) is 1.76. The van der Waals surface area contributed by atoms with Gasteiger partial charge < -0.3 is 15.5 Å². The SMILES string of the molecule is CN=C(NCc1cccc([N+](=O)[O-])c1)NC1CCN(CC2CCCC2)C1.I. The fraction of sp³-hybridized carbons (Fsp3) is 0.632. The van der Waals surface area contributed by atoms with Crippen molar-refractivity contribution < 1.29 is 4.92 Å². The van der Waals surface area contributed by atoms with E-state index in [4.69, 9.17) is 0 Å². The van der Waals surface area contributed by atoms with Crippen molar-refractivity contribution in [2.24, 2.45) is 10.9 Å². The summed E-state index contributed by atoms with van der Waals surface area (Å²) in [6.07, 6.45) is 6.70. The molecule has 0 spiro atoms. The molecule has 2 aliphatic rings. The first-order chi connectivity index (χ1) is 12.6. The van der Waals surface area contributed by atoms with E-state index < -0.39 is 0 Å². The summed E-state index contributed by atoms with van der Waals surface area (Å²) >= 11 is 0. The van der Waals surface area contributed by atoms with Gasteiger partial charge in [0.1, 0.15) is 0 Å². The molecule has 0 bridgehead atoms. The first-order valence-corrected chi connectivity index (χ1v) is 9.57. The normalized spacial score (nSPS) is 21.1. The highest BCUT2D eigenvalue weighted by Gasteiger charge is 2.26. The van der Waals surface area contributed by atoms with Gasteiger partial charge in [0.2, 0.25) is 0 Å². The maximum Gasteiger partial charge on any atom is 0.269 e. The van der Waals surface area contributed by atoms with Crippen LogP contribution in [0.25, 0.3) is 0 Å². The lowest BCUT2D eigenvalue weighted by molar-refractivity contribution is -0.384. The van der Waals surface area contributed by atoms with Crippen molar-refractivity contribution in [2.45, 2.75) is 44.7 Å². The van der Waals surface area contributed by atoms with Gasteiger partial charge in [-0.1, -0.05) is 25.0 Å². The molecule has 0 amide bonds. The fourth-order valence-electron chi connectivity index (χ4n) is 4.03. The van der Waals surface area contributed by atoms with Gasteiger partial charge >= 0.3 is 0 Å². The van der Waals surface area contributed by atoms with E-state index >= 15 is 0 Å². The third-order valence-corrected chi connectivity index (χ3v) is 5.41. The molecular formula is C19H30IN5O2. The molecule has 2 N–H and O–H groups in total. The molecule has 3 rings (SSSR count). The second kappa shape index (κ2) is 10.8. The minimum atomic E-state index is -0.367. The third-order valence-electron chi connectivity index (χ3n) is 5.41. The van der Waals surface area contributed by atoms with Crippen molar-refractivity contribution in [3.05, 3.63) is 39.9 Å². The zero-order chi connectivity index (χ0) is 18.4. The molecule has 0 radical (unpaired) electrons. The van der Waals surface area contributed by atoms with Crippen LogP contribution in [0.15, 0.2) is 29.3 Å². The van der Waals surface area contributed by atoms with Crippen molar-refractivity contribution in [3.8, 4) is 0 Å². The van der Waals surface area contributed by atoms with Crippen LogP contribution in [0.1, 0.15) is 37.7 Å². The van der Waals surface area contributed by atoms with Crippen LogP contribution in [0.3, 0.4) is 0 Å². The number of nitrogens with one attached hydrogen (secondary N) is 2. The second-order valence-electron chi connectivity index (χ2n) is 7.39. The quantitative estimate of drug-likeness (QED) is 0.212. The van der Waals surface area contributed by atoms with E-state index in [0.717, 1.165) is 37.0 Å². The third kappa shape index (κ3) is 6.60. The number of non-ortho nitro benzene ring substituents is 1. The van der Waals surface area contributed by atoms with E-state index in [1.54, 1.807) is 19.2 Å². The van der Waals surface area contributed by atoms with Crippen LogP contribution in [0.4, 0.5) is 5.69 Å². The lowest BCUT2D eigenvalue weighted by Gasteiger charge is -2.21. The van der Waals surface area contributed by atoms with Crippen molar-refractivity contribution in [1.29, 1.82) is 0 Å². The number of nitro benzene ring substituents is 1. The number of rotatable bonds is 6. The molecule has 1 aromatic rings. The van der Waals surface area contributed by atoms with Gasteiger partial charge in [-0.25, -0.2) is 0 Å². The van der Waals surface area contributed by atoms with Crippen molar-refractivity contribution in [2.75, 3.05) is 26.7 Å². The van der Waals surface area contributed by atoms with Gasteiger partial charge in [-0.05, 0) is 30.7 Å². The molecule has 1 aliphatic heterocycles. The Morgan fingerprint density at radius 3 is 2.81 bits per heavy atom. The summed E-state index contributed by atoms with van der Waals surface area (Å²) in [5.41, 5.74) is 0.988. The van der Waals surface area contributed by atoms with Gasteiger partial charge in [-0.15, -0.1) is 24.0 Å². The Hall–Kier alpha value is -1.42. The summed E-state index contributed by atoms with van der Waals surface area (Å²) in [5.74, 6) is 1.64. The molecule has 8 heteroatoms. The predicted molar refractivity (Wildman–Crippen MR) is 119 cm³/mol. The Morgan fingerprint density at radius 1 is 1.33 bits per heavy atom. The summed E-state index contributed by atoms with van der Waals surface area (Å²) in [6, 6.07) is 7.11. The molecule has 2 fully saturated rings. The van der Waals surface area contributed by atoms with E-state index in [1.807, 2.05) is 6.07 Å². The number of aliphatic imine (C=N–C) groups is 1. The highest BCUT2D eigenvalue weighted by Crippen LogP contribution is 2.26. The molecule has 7 nitrogen and oxygen atoms in total. The second-order valence-corrected chi connectivity index (χ2v) is 7.39. The Kier molecular flexibility index (Phi) is 8.75. The topological polar surface area (TPSA) is 82.8 Å². The lowest BCUT2D eigenvalue weighted by Crippen LogP contribution is -2.44. The Bertz CT molecular complexity index is 649. The number of nitrogens with zero attached hydrogens (tertiary/aromatic N) is 3. The molecule has 1 saturated carbocycles. The molecule has 1 saturated heterocycles. The average molecular weight is 487 g/mol. The van der Waals surface area contributed by atoms with E-state index in [0.29, 0.717) is 12.6 Å². The monoisotopic (exact) mass is 487 g/mol. The minimum Gasteiger partial charge on any atom is -0.352 e. The standard InChI is InChI=1S/C19H29N5O2.HI/c1-20-19(21-12-16-7-4-8-18(11-16)24(25)26)22-17-9-10-23(14-17)13-15-5-2-3-6-15;/h4,7-8,11,15,17H,2-3,5-6,9-10,12-14H2,1H3,(H2,20,21,22);1H.